The van der Waals surface area contributed by atoms with Crippen LogP contribution in [-0.2, 0) is 13.1 Å². The third kappa shape index (κ3) is 4.31. The Morgan fingerprint density at radius 1 is 1.19 bits per heavy atom. The second-order valence-electron chi connectivity index (χ2n) is 8.54. The number of aryl methyl sites for hydroxylation is 2. The summed E-state index contributed by atoms with van der Waals surface area (Å²) in [6.07, 6.45) is 8.28. The third-order valence-corrected chi connectivity index (χ3v) is 6.36. The molecule has 2 N–H and O–H groups in total. The van der Waals surface area contributed by atoms with Crippen molar-refractivity contribution < 1.29 is 19.1 Å². The average molecular weight is 486 g/mol. The molecule has 36 heavy (non-hydrogen) atoms. The molecule has 4 aromatic rings. The Labute approximate surface area is 208 Å². The molecule has 1 aliphatic heterocycles. The zero-order valence-corrected chi connectivity index (χ0v) is 20.4. The van der Waals surface area contributed by atoms with Crippen molar-refractivity contribution in [1.29, 1.82) is 0 Å². The van der Waals surface area contributed by atoms with Crippen LogP contribution in [0.15, 0.2) is 60.9 Å². The van der Waals surface area contributed by atoms with E-state index in [9.17, 15) is 9.59 Å². The molecule has 0 radical (unpaired) electrons. The SMILES string of the molecule is CNC(=O)Nc1ccc2c(c1)C(=O)/C(=C/c1c(C)n(CCCn3ccnc3)c3ccc(OC)cc13)O2. The minimum absolute atomic E-state index is 0.228. The fourth-order valence-corrected chi connectivity index (χ4v) is 4.51. The number of aromatic nitrogens is 3. The molecule has 0 unspecified atom stereocenters. The van der Waals surface area contributed by atoms with Crippen LogP contribution in [-0.4, -0.2) is 40.1 Å². The van der Waals surface area contributed by atoms with Gasteiger partial charge < -0.3 is 29.2 Å². The number of amides is 2. The highest BCUT2D eigenvalue weighted by atomic mass is 16.5. The number of hydrogen-bond donors (Lipinski definition) is 2. The predicted molar refractivity (Wildman–Crippen MR) is 138 cm³/mol. The number of anilines is 1. The molecule has 1 aliphatic rings. The van der Waals surface area contributed by atoms with Crippen LogP contribution in [0.5, 0.6) is 11.5 Å². The molecule has 0 atom stereocenters. The van der Waals surface area contributed by atoms with Gasteiger partial charge in [0.1, 0.15) is 11.5 Å². The molecule has 0 spiro atoms. The van der Waals surface area contributed by atoms with Crippen molar-refractivity contribution in [3.63, 3.8) is 0 Å². The van der Waals surface area contributed by atoms with Crippen molar-refractivity contribution >= 4 is 34.5 Å². The number of imidazole rings is 1. The van der Waals surface area contributed by atoms with Gasteiger partial charge in [-0.15, -0.1) is 0 Å². The lowest BCUT2D eigenvalue weighted by molar-refractivity contribution is 0.101. The first-order valence-corrected chi connectivity index (χ1v) is 11.7. The van der Waals surface area contributed by atoms with E-state index < -0.39 is 0 Å². The first kappa shape index (κ1) is 23.2. The summed E-state index contributed by atoms with van der Waals surface area (Å²) in [4.78, 5) is 29.0. The van der Waals surface area contributed by atoms with Crippen molar-refractivity contribution in [2.24, 2.45) is 0 Å². The maximum atomic E-state index is 13.2. The number of urea groups is 1. The van der Waals surface area contributed by atoms with E-state index in [2.05, 4.69) is 24.8 Å². The van der Waals surface area contributed by atoms with Crippen LogP contribution in [0.1, 0.15) is 28.0 Å². The molecule has 2 amide bonds. The maximum absolute atomic E-state index is 13.2. The van der Waals surface area contributed by atoms with Gasteiger partial charge in [-0.25, -0.2) is 9.78 Å². The lowest BCUT2D eigenvalue weighted by Gasteiger charge is -2.09. The fourth-order valence-electron chi connectivity index (χ4n) is 4.51. The number of rotatable bonds is 7. The van der Waals surface area contributed by atoms with E-state index in [1.807, 2.05) is 37.6 Å². The number of hydrogen-bond acceptors (Lipinski definition) is 5. The van der Waals surface area contributed by atoms with E-state index in [0.29, 0.717) is 17.0 Å². The molecule has 3 heterocycles. The number of ketones is 1. The van der Waals surface area contributed by atoms with Gasteiger partial charge in [-0.2, -0.15) is 0 Å². The van der Waals surface area contributed by atoms with Crippen LogP contribution in [0.2, 0.25) is 0 Å². The molecule has 9 heteroatoms. The standard InChI is InChI=1S/C27H27N5O4/c1-17-20(15-25-26(33)22-13-18(30-27(34)28-2)5-8-24(22)36-25)21-14-19(35-3)6-7-23(21)32(17)11-4-10-31-12-9-29-16-31/h5-9,12-16H,4,10-11H2,1-3H3,(H2,28,30,34)/b25-15-. The van der Waals surface area contributed by atoms with Crippen LogP contribution in [0.3, 0.4) is 0 Å². The van der Waals surface area contributed by atoms with Crippen molar-refractivity contribution in [3.05, 3.63) is 77.7 Å². The van der Waals surface area contributed by atoms with Gasteiger partial charge in [-0.05, 0) is 55.8 Å². The summed E-state index contributed by atoms with van der Waals surface area (Å²) in [7, 11) is 3.17. The zero-order valence-electron chi connectivity index (χ0n) is 20.4. The van der Waals surface area contributed by atoms with Gasteiger partial charge in [0.2, 0.25) is 5.78 Å². The summed E-state index contributed by atoms with van der Waals surface area (Å²) in [5.41, 5.74) is 3.93. The minimum atomic E-state index is -0.359. The number of methoxy groups -OCH3 is 1. The number of carbonyl (C=O) groups excluding carboxylic acids is 2. The summed E-state index contributed by atoms with van der Waals surface area (Å²) < 4.78 is 15.7. The molecule has 0 saturated carbocycles. The Balaban J connectivity index is 1.49. The van der Waals surface area contributed by atoms with Gasteiger partial charge in [-0.3, -0.25) is 4.79 Å². The van der Waals surface area contributed by atoms with Gasteiger partial charge in [0.25, 0.3) is 0 Å². The second kappa shape index (κ2) is 9.61. The van der Waals surface area contributed by atoms with Crippen molar-refractivity contribution in [2.75, 3.05) is 19.5 Å². The molecule has 0 fully saturated rings. The lowest BCUT2D eigenvalue weighted by Crippen LogP contribution is -2.24. The Morgan fingerprint density at radius 3 is 2.81 bits per heavy atom. The highest BCUT2D eigenvalue weighted by molar-refractivity contribution is 6.16. The smallest absolute Gasteiger partial charge is 0.318 e. The Hall–Kier alpha value is -4.53. The van der Waals surface area contributed by atoms with Gasteiger partial charge in [-0.1, -0.05) is 0 Å². The molecule has 5 rings (SSSR count). The first-order chi connectivity index (χ1) is 17.5. The molecule has 0 bridgehead atoms. The average Bonchev–Trinajstić information content (AvgIpc) is 3.58. The molecule has 0 saturated heterocycles. The first-order valence-electron chi connectivity index (χ1n) is 11.7. The predicted octanol–water partition coefficient (Wildman–Crippen LogP) is 4.61. The topological polar surface area (TPSA) is 99.4 Å². The summed E-state index contributed by atoms with van der Waals surface area (Å²) >= 11 is 0. The van der Waals surface area contributed by atoms with Crippen LogP contribution in [0, 0.1) is 6.92 Å². The van der Waals surface area contributed by atoms with E-state index in [1.165, 1.54) is 7.05 Å². The number of nitrogens with zero attached hydrogens (tertiary/aromatic N) is 3. The number of carbonyl (C=O) groups is 2. The van der Waals surface area contributed by atoms with E-state index >= 15 is 0 Å². The minimum Gasteiger partial charge on any atom is -0.497 e. The highest BCUT2D eigenvalue weighted by Gasteiger charge is 2.29. The number of fused-ring (bicyclic) bond motifs is 2. The van der Waals surface area contributed by atoms with E-state index in [4.69, 9.17) is 9.47 Å². The van der Waals surface area contributed by atoms with Gasteiger partial charge in [0.15, 0.2) is 5.76 Å². The van der Waals surface area contributed by atoms with Crippen LogP contribution < -0.4 is 20.1 Å². The Kier molecular flexibility index (Phi) is 6.20. The normalized spacial score (nSPS) is 13.6. The maximum Gasteiger partial charge on any atom is 0.318 e. The molecule has 2 aromatic carbocycles. The fraction of sp³-hybridized carbons (Fsp3) is 0.222. The van der Waals surface area contributed by atoms with Crippen LogP contribution in [0.4, 0.5) is 10.5 Å². The number of ether oxygens (including phenoxy) is 2. The number of allylic oxidation sites excluding steroid dienone is 1. The van der Waals surface area contributed by atoms with Gasteiger partial charge >= 0.3 is 6.03 Å². The summed E-state index contributed by atoms with van der Waals surface area (Å²) in [6.45, 7) is 3.71. The monoisotopic (exact) mass is 485 g/mol. The Morgan fingerprint density at radius 2 is 2.06 bits per heavy atom. The van der Waals surface area contributed by atoms with E-state index in [1.54, 1.807) is 37.6 Å². The molecule has 9 nitrogen and oxygen atoms in total. The van der Waals surface area contributed by atoms with Gasteiger partial charge in [0.05, 0.1) is 19.0 Å². The Bertz CT molecular complexity index is 1480. The highest BCUT2D eigenvalue weighted by Crippen LogP contribution is 2.36. The van der Waals surface area contributed by atoms with Crippen molar-refractivity contribution in [1.82, 2.24) is 19.4 Å². The van der Waals surface area contributed by atoms with Crippen LogP contribution >= 0.6 is 0 Å². The molecular weight excluding hydrogens is 458 g/mol. The number of nitrogens with one attached hydrogen (secondary N) is 2. The van der Waals surface area contributed by atoms with E-state index in [0.717, 1.165) is 47.4 Å². The summed E-state index contributed by atoms with van der Waals surface area (Å²) in [5, 5.41) is 6.16. The third-order valence-electron chi connectivity index (χ3n) is 6.36. The second-order valence-corrected chi connectivity index (χ2v) is 8.54. The summed E-state index contributed by atoms with van der Waals surface area (Å²) in [5.74, 6) is 1.22. The van der Waals surface area contributed by atoms with Gasteiger partial charge in [0, 0.05) is 60.4 Å². The van der Waals surface area contributed by atoms with Crippen molar-refractivity contribution in [2.45, 2.75) is 26.4 Å². The van der Waals surface area contributed by atoms with Crippen LogP contribution in [0.25, 0.3) is 17.0 Å². The largest absolute Gasteiger partial charge is 0.497 e. The molecular formula is C27H27N5O4. The van der Waals surface area contributed by atoms with Crippen molar-refractivity contribution in [3.8, 4) is 11.5 Å². The quantitative estimate of drug-likeness (QED) is 0.373. The molecule has 2 aromatic heterocycles. The van der Waals surface area contributed by atoms with E-state index in [-0.39, 0.29) is 17.6 Å². The molecule has 184 valence electrons. The lowest BCUT2D eigenvalue weighted by atomic mass is 10.1. The number of benzene rings is 2. The molecule has 0 aliphatic carbocycles. The summed E-state index contributed by atoms with van der Waals surface area (Å²) in [6, 6.07) is 10.6. The zero-order chi connectivity index (χ0) is 25.2. The number of Topliss-reactive ketones (excluding diaryl/α,β-unsaturated/α-hetero) is 1.